The SMILES string of the molecule is CN(C[C@H]1CCCO1)S(=O)(=O)c1ccc(C(=O)Nc2ccc(-c3nc4ccccc4o3)cc2)cc1. The Morgan fingerprint density at radius 3 is 2.49 bits per heavy atom. The molecule has 0 saturated carbocycles. The summed E-state index contributed by atoms with van der Waals surface area (Å²) in [6.45, 7) is 0.978. The second-order valence-electron chi connectivity index (χ2n) is 8.46. The molecule has 0 bridgehead atoms. The highest BCUT2D eigenvalue weighted by molar-refractivity contribution is 7.89. The molecule has 0 spiro atoms. The first-order valence-electron chi connectivity index (χ1n) is 11.4. The fourth-order valence-electron chi connectivity index (χ4n) is 4.03. The second kappa shape index (κ2) is 9.61. The van der Waals surface area contributed by atoms with Crippen molar-refractivity contribution in [3.8, 4) is 11.5 Å². The third kappa shape index (κ3) is 4.97. The maximum absolute atomic E-state index is 12.9. The van der Waals surface area contributed by atoms with E-state index in [4.69, 9.17) is 9.15 Å². The van der Waals surface area contributed by atoms with Crippen molar-refractivity contribution in [1.82, 2.24) is 9.29 Å². The lowest BCUT2D eigenvalue weighted by atomic mass is 10.2. The zero-order valence-electron chi connectivity index (χ0n) is 19.2. The van der Waals surface area contributed by atoms with Crippen molar-refractivity contribution in [2.45, 2.75) is 23.8 Å². The van der Waals surface area contributed by atoms with E-state index in [9.17, 15) is 13.2 Å². The number of likely N-dealkylation sites (N-methyl/N-ethyl adjacent to an activating group) is 1. The normalized spacial score (nSPS) is 16.1. The predicted molar refractivity (Wildman–Crippen MR) is 133 cm³/mol. The molecule has 3 aromatic carbocycles. The summed E-state index contributed by atoms with van der Waals surface area (Å²) >= 11 is 0. The minimum atomic E-state index is -3.66. The third-order valence-electron chi connectivity index (χ3n) is 5.99. The number of sulfonamides is 1. The molecule has 0 aliphatic carbocycles. The molecule has 2 heterocycles. The molecule has 0 unspecified atom stereocenters. The van der Waals surface area contributed by atoms with Crippen LogP contribution in [0.1, 0.15) is 23.2 Å². The van der Waals surface area contributed by atoms with Gasteiger partial charge in [0.25, 0.3) is 5.91 Å². The van der Waals surface area contributed by atoms with E-state index in [0.717, 1.165) is 23.9 Å². The van der Waals surface area contributed by atoms with E-state index in [1.54, 1.807) is 19.2 Å². The number of hydrogen-bond acceptors (Lipinski definition) is 6. The van der Waals surface area contributed by atoms with Gasteiger partial charge in [-0.05, 0) is 73.5 Å². The van der Waals surface area contributed by atoms with Gasteiger partial charge in [0.2, 0.25) is 15.9 Å². The number of oxazole rings is 1. The molecule has 9 heteroatoms. The Morgan fingerprint density at radius 2 is 1.80 bits per heavy atom. The Morgan fingerprint density at radius 1 is 1.06 bits per heavy atom. The first kappa shape index (κ1) is 23.2. The van der Waals surface area contributed by atoms with E-state index >= 15 is 0 Å². The molecule has 8 nitrogen and oxygen atoms in total. The molecule has 1 saturated heterocycles. The van der Waals surface area contributed by atoms with Gasteiger partial charge in [-0.25, -0.2) is 13.4 Å². The van der Waals surface area contributed by atoms with E-state index in [1.165, 1.54) is 28.6 Å². The average molecular weight is 492 g/mol. The van der Waals surface area contributed by atoms with Crippen molar-refractivity contribution in [3.05, 3.63) is 78.4 Å². The van der Waals surface area contributed by atoms with Gasteiger partial charge in [-0.2, -0.15) is 4.31 Å². The summed E-state index contributed by atoms with van der Waals surface area (Å²) in [4.78, 5) is 17.3. The molecule has 1 N–H and O–H groups in total. The Balaban J connectivity index is 1.24. The number of nitrogens with zero attached hydrogens (tertiary/aromatic N) is 2. The third-order valence-corrected chi connectivity index (χ3v) is 7.83. The minimum absolute atomic E-state index is 0.0751. The maximum Gasteiger partial charge on any atom is 0.255 e. The molecule has 35 heavy (non-hydrogen) atoms. The number of ether oxygens (including phenoxy) is 1. The molecular formula is C26H25N3O5S. The topological polar surface area (TPSA) is 102 Å². The predicted octanol–water partition coefficient (Wildman–Crippen LogP) is 4.55. The lowest BCUT2D eigenvalue weighted by Crippen LogP contribution is -2.34. The quantitative estimate of drug-likeness (QED) is 0.407. The van der Waals surface area contributed by atoms with Crippen molar-refractivity contribution in [3.63, 3.8) is 0 Å². The first-order chi connectivity index (χ1) is 16.9. The maximum atomic E-state index is 12.9. The van der Waals surface area contributed by atoms with Gasteiger partial charge >= 0.3 is 0 Å². The van der Waals surface area contributed by atoms with Crippen LogP contribution in [-0.4, -0.2) is 49.9 Å². The highest BCUT2D eigenvalue weighted by atomic mass is 32.2. The Labute approximate surface area is 203 Å². The molecule has 1 aliphatic heterocycles. The first-order valence-corrected chi connectivity index (χ1v) is 12.8. The number of benzene rings is 3. The van der Waals surface area contributed by atoms with Crippen LogP contribution in [0.3, 0.4) is 0 Å². The minimum Gasteiger partial charge on any atom is -0.436 e. The van der Waals surface area contributed by atoms with Crippen LogP contribution in [0.15, 0.2) is 82.1 Å². The van der Waals surface area contributed by atoms with Gasteiger partial charge in [-0.3, -0.25) is 4.79 Å². The Kier molecular flexibility index (Phi) is 6.38. The summed E-state index contributed by atoms with van der Waals surface area (Å²) in [5, 5.41) is 2.83. The zero-order valence-corrected chi connectivity index (χ0v) is 20.0. The lowest BCUT2D eigenvalue weighted by molar-refractivity contribution is 0.0979. The highest BCUT2D eigenvalue weighted by Gasteiger charge is 2.26. The number of rotatable bonds is 7. The van der Waals surface area contributed by atoms with Crippen molar-refractivity contribution >= 4 is 32.7 Å². The van der Waals surface area contributed by atoms with E-state index in [0.29, 0.717) is 35.9 Å². The molecule has 1 aromatic heterocycles. The summed E-state index contributed by atoms with van der Waals surface area (Å²) in [6.07, 6.45) is 1.73. The van der Waals surface area contributed by atoms with Gasteiger partial charge in [0, 0.05) is 37.0 Å². The van der Waals surface area contributed by atoms with Crippen LogP contribution in [0.5, 0.6) is 0 Å². The molecule has 1 aliphatic rings. The smallest absolute Gasteiger partial charge is 0.255 e. The van der Waals surface area contributed by atoms with E-state index in [2.05, 4.69) is 10.3 Å². The molecular weight excluding hydrogens is 466 g/mol. The van der Waals surface area contributed by atoms with Gasteiger partial charge in [-0.1, -0.05) is 12.1 Å². The van der Waals surface area contributed by atoms with Crippen LogP contribution in [-0.2, 0) is 14.8 Å². The van der Waals surface area contributed by atoms with Crippen LogP contribution in [0, 0.1) is 0 Å². The summed E-state index contributed by atoms with van der Waals surface area (Å²) in [7, 11) is -2.12. The lowest BCUT2D eigenvalue weighted by Gasteiger charge is -2.20. The van der Waals surface area contributed by atoms with Gasteiger partial charge in [-0.15, -0.1) is 0 Å². The number of carbonyl (C=O) groups is 1. The van der Waals surface area contributed by atoms with E-state index in [-0.39, 0.29) is 16.9 Å². The number of aromatic nitrogens is 1. The fraction of sp³-hybridized carbons (Fsp3) is 0.231. The number of amides is 1. The molecule has 5 rings (SSSR count). The zero-order chi connectivity index (χ0) is 24.4. The molecule has 4 aromatic rings. The van der Waals surface area contributed by atoms with Crippen LogP contribution >= 0.6 is 0 Å². The molecule has 1 fully saturated rings. The number of para-hydroxylation sites is 2. The van der Waals surface area contributed by atoms with Crippen LogP contribution in [0.2, 0.25) is 0 Å². The average Bonchev–Trinajstić information content (AvgIpc) is 3.54. The van der Waals surface area contributed by atoms with E-state index < -0.39 is 10.0 Å². The van der Waals surface area contributed by atoms with Gasteiger partial charge < -0.3 is 14.5 Å². The van der Waals surface area contributed by atoms with Crippen LogP contribution < -0.4 is 5.32 Å². The monoisotopic (exact) mass is 491 g/mol. The van der Waals surface area contributed by atoms with Crippen molar-refractivity contribution in [2.24, 2.45) is 0 Å². The Bertz CT molecular complexity index is 1410. The number of anilines is 1. The Hall–Kier alpha value is -3.53. The number of hydrogen-bond donors (Lipinski definition) is 1. The second-order valence-corrected chi connectivity index (χ2v) is 10.5. The van der Waals surface area contributed by atoms with Crippen molar-refractivity contribution < 1.29 is 22.4 Å². The highest BCUT2D eigenvalue weighted by Crippen LogP contribution is 2.25. The van der Waals surface area contributed by atoms with Crippen molar-refractivity contribution in [1.29, 1.82) is 0 Å². The van der Waals surface area contributed by atoms with Crippen molar-refractivity contribution in [2.75, 3.05) is 25.5 Å². The van der Waals surface area contributed by atoms with E-state index in [1.807, 2.05) is 36.4 Å². The standard InChI is InChI=1S/C26H25N3O5S/c1-29(17-21-5-4-16-33-21)35(31,32)22-14-10-18(11-15-22)25(30)27-20-12-8-19(9-13-20)26-28-23-6-2-3-7-24(23)34-26/h2-3,6-15,21H,4-5,16-17H2,1H3,(H,27,30)/t21-/m1/s1. The van der Waals surface area contributed by atoms with Gasteiger partial charge in [0.05, 0.1) is 11.0 Å². The largest absolute Gasteiger partial charge is 0.436 e. The van der Waals surface area contributed by atoms with Gasteiger partial charge in [0.1, 0.15) is 5.52 Å². The molecule has 0 radical (unpaired) electrons. The number of carbonyl (C=O) groups excluding carboxylic acids is 1. The molecule has 1 atom stereocenters. The van der Waals surface area contributed by atoms with Gasteiger partial charge in [0.15, 0.2) is 5.58 Å². The molecule has 1 amide bonds. The summed E-state index contributed by atoms with van der Waals surface area (Å²) in [6, 6.07) is 20.6. The number of fused-ring (bicyclic) bond motifs is 1. The number of nitrogens with one attached hydrogen (secondary N) is 1. The summed E-state index contributed by atoms with van der Waals surface area (Å²) in [5.41, 5.74) is 3.24. The van der Waals surface area contributed by atoms with Crippen LogP contribution in [0.4, 0.5) is 5.69 Å². The molecule has 180 valence electrons. The summed E-state index contributed by atoms with van der Waals surface area (Å²) in [5.74, 6) is 0.168. The summed E-state index contributed by atoms with van der Waals surface area (Å²) < 4.78 is 38.3. The van der Waals surface area contributed by atoms with Crippen LogP contribution in [0.25, 0.3) is 22.6 Å². The fourth-order valence-corrected chi connectivity index (χ4v) is 5.23.